The Morgan fingerprint density at radius 2 is 1.55 bits per heavy atom. The van der Waals surface area contributed by atoms with E-state index in [1.807, 2.05) is 109 Å². The highest BCUT2D eigenvalue weighted by Crippen LogP contribution is 2.32. The second-order valence-corrected chi connectivity index (χ2v) is 9.42. The Kier molecular flexibility index (Phi) is 8.80. The standard InChI is InChI=1S/C32H33N3O5/c1-24-31(22-34(21-30-14-9-19-38-30)20-26(36)23-39-28-12-7-4-8-13-28)32(35(33-24)25-10-5-3-6-11-25)40-29-17-15-27(37-2)16-18-29/h3-19,26,36H,20-23H2,1-2H3. The molecule has 5 aromatic rings. The maximum Gasteiger partial charge on any atom is 0.227 e. The average molecular weight is 540 g/mol. The van der Waals surface area contributed by atoms with Crippen LogP contribution in [0.5, 0.6) is 23.1 Å². The molecule has 0 fully saturated rings. The minimum Gasteiger partial charge on any atom is -0.497 e. The molecule has 2 aromatic heterocycles. The lowest BCUT2D eigenvalue weighted by molar-refractivity contribution is 0.0601. The van der Waals surface area contributed by atoms with E-state index in [1.54, 1.807) is 13.4 Å². The molecule has 0 spiro atoms. The van der Waals surface area contributed by atoms with E-state index in [0.29, 0.717) is 37.0 Å². The normalized spacial score (nSPS) is 11.9. The molecule has 0 radical (unpaired) electrons. The summed E-state index contributed by atoms with van der Waals surface area (Å²) in [6.07, 6.45) is 0.921. The van der Waals surface area contributed by atoms with E-state index in [9.17, 15) is 5.11 Å². The molecule has 1 unspecified atom stereocenters. The number of hydrogen-bond donors (Lipinski definition) is 1. The number of hydrogen-bond acceptors (Lipinski definition) is 7. The van der Waals surface area contributed by atoms with Gasteiger partial charge in [0.2, 0.25) is 5.88 Å². The first-order valence-electron chi connectivity index (χ1n) is 13.2. The van der Waals surface area contributed by atoms with Gasteiger partial charge in [0.25, 0.3) is 0 Å². The number of furan rings is 1. The van der Waals surface area contributed by atoms with E-state index in [1.165, 1.54) is 0 Å². The van der Waals surface area contributed by atoms with Gasteiger partial charge in [-0.25, -0.2) is 4.68 Å². The monoisotopic (exact) mass is 539 g/mol. The third-order valence-corrected chi connectivity index (χ3v) is 6.41. The molecule has 0 aliphatic rings. The summed E-state index contributed by atoms with van der Waals surface area (Å²) >= 11 is 0. The largest absolute Gasteiger partial charge is 0.497 e. The van der Waals surface area contributed by atoms with Crippen LogP contribution in [-0.2, 0) is 13.1 Å². The highest BCUT2D eigenvalue weighted by Gasteiger charge is 2.23. The van der Waals surface area contributed by atoms with Crippen molar-refractivity contribution in [3.05, 3.63) is 120 Å². The van der Waals surface area contributed by atoms with Crippen molar-refractivity contribution in [3.8, 4) is 28.8 Å². The Morgan fingerprint density at radius 1 is 0.850 bits per heavy atom. The van der Waals surface area contributed by atoms with E-state index in [2.05, 4.69) is 4.90 Å². The second kappa shape index (κ2) is 13.0. The molecule has 5 rings (SSSR count). The van der Waals surface area contributed by atoms with E-state index < -0.39 is 6.10 Å². The van der Waals surface area contributed by atoms with Crippen LogP contribution in [0.15, 0.2) is 108 Å². The molecule has 0 amide bonds. The quantitative estimate of drug-likeness (QED) is 0.196. The van der Waals surface area contributed by atoms with Gasteiger partial charge >= 0.3 is 0 Å². The molecule has 1 atom stereocenters. The van der Waals surface area contributed by atoms with Gasteiger partial charge < -0.3 is 23.7 Å². The number of benzene rings is 3. The third kappa shape index (κ3) is 6.91. The summed E-state index contributed by atoms with van der Waals surface area (Å²) in [5.41, 5.74) is 2.61. The van der Waals surface area contributed by atoms with Gasteiger partial charge in [-0.15, -0.1) is 0 Å². The smallest absolute Gasteiger partial charge is 0.227 e. The number of aliphatic hydroxyl groups excluding tert-OH is 1. The van der Waals surface area contributed by atoms with Gasteiger partial charge in [-0.2, -0.15) is 5.10 Å². The highest BCUT2D eigenvalue weighted by atomic mass is 16.5. The fourth-order valence-electron chi connectivity index (χ4n) is 4.42. The van der Waals surface area contributed by atoms with Gasteiger partial charge in [-0.3, -0.25) is 4.90 Å². The number of rotatable bonds is 13. The molecule has 1 N–H and O–H groups in total. The molecular weight excluding hydrogens is 506 g/mol. The topological polar surface area (TPSA) is 82.1 Å². The zero-order chi connectivity index (χ0) is 27.7. The summed E-state index contributed by atoms with van der Waals surface area (Å²) in [6, 6.07) is 30.6. The maximum absolute atomic E-state index is 10.9. The van der Waals surface area contributed by atoms with Crippen molar-refractivity contribution in [1.29, 1.82) is 0 Å². The van der Waals surface area contributed by atoms with Crippen LogP contribution in [0, 0.1) is 6.92 Å². The summed E-state index contributed by atoms with van der Waals surface area (Å²) in [4.78, 5) is 2.11. The highest BCUT2D eigenvalue weighted by molar-refractivity contribution is 5.44. The lowest BCUT2D eigenvalue weighted by Crippen LogP contribution is -2.35. The number of aromatic nitrogens is 2. The number of para-hydroxylation sites is 2. The van der Waals surface area contributed by atoms with E-state index in [-0.39, 0.29) is 6.61 Å². The molecule has 0 saturated heterocycles. The first kappa shape index (κ1) is 27.1. The first-order chi connectivity index (χ1) is 19.6. The summed E-state index contributed by atoms with van der Waals surface area (Å²) in [5.74, 6) is 3.52. The van der Waals surface area contributed by atoms with Crippen LogP contribution in [0.1, 0.15) is 17.0 Å². The molecular formula is C32H33N3O5. The van der Waals surface area contributed by atoms with E-state index in [4.69, 9.17) is 23.7 Å². The minimum atomic E-state index is -0.731. The van der Waals surface area contributed by atoms with Gasteiger partial charge in [0, 0.05) is 13.1 Å². The van der Waals surface area contributed by atoms with E-state index >= 15 is 0 Å². The van der Waals surface area contributed by atoms with Gasteiger partial charge in [-0.05, 0) is 67.6 Å². The second-order valence-electron chi connectivity index (χ2n) is 9.42. The van der Waals surface area contributed by atoms with Gasteiger partial charge in [-0.1, -0.05) is 36.4 Å². The van der Waals surface area contributed by atoms with Crippen molar-refractivity contribution < 1.29 is 23.7 Å². The van der Waals surface area contributed by atoms with Crippen molar-refractivity contribution in [2.45, 2.75) is 26.1 Å². The van der Waals surface area contributed by atoms with Crippen LogP contribution in [-0.4, -0.2) is 46.2 Å². The average Bonchev–Trinajstić information content (AvgIpc) is 3.61. The molecule has 206 valence electrons. The molecule has 0 saturated carbocycles. The number of ether oxygens (including phenoxy) is 3. The number of aliphatic hydroxyl groups is 1. The van der Waals surface area contributed by atoms with Crippen LogP contribution in [0.3, 0.4) is 0 Å². The van der Waals surface area contributed by atoms with Crippen LogP contribution >= 0.6 is 0 Å². The van der Waals surface area contributed by atoms with Gasteiger partial charge in [0.1, 0.15) is 35.7 Å². The predicted octanol–water partition coefficient (Wildman–Crippen LogP) is 6.02. The number of nitrogens with zero attached hydrogens (tertiary/aromatic N) is 3. The lowest BCUT2D eigenvalue weighted by atomic mass is 10.2. The fraction of sp³-hybridized carbons (Fsp3) is 0.219. The molecule has 0 aliphatic carbocycles. The lowest BCUT2D eigenvalue weighted by Gasteiger charge is -2.25. The van der Waals surface area contributed by atoms with Gasteiger partial charge in [0.15, 0.2) is 0 Å². The summed E-state index contributed by atoms with van der Waals surface area (Å²) in [7, 11) is 1.63. The number of methoxy groups -OCH3 is 1. The van der Waals surface area contributed by atoms with Crippen LogP contribution < -0.4 is 14.2 Å². The van der Waals surface area contributed by atoms with Crippen molar-refractivity contribution in [2.75, 3.05) is 20.3 Å². The van der Waals surface area contributed by atoms with E-state index in [0.717, 1.165) is 28.5 Å². The minimum absolute atomic E-state index is 0.163. The zero-order valence-electron chi connectivity index (χ0n) is 22.6. The van der Waals surface area contributed by atoms with Crippen molar-refractivity contribution in [2.24, 2.45) is 0 Å². The molecule has 40 heavy (non-hydrogen) atoms. The molecule has 8 nitrogen and oxygen atoms in total. The van der Waals surface area contributed by atoms with Crippen molar-refractivity contribution >= 4 is 0 Å². The Bertz CT molecular complexity index is 1450. The van der Waals surface area contributed by atoms with Crippen LogP contribution in [0.25, 0.3) is 5.69 Å². The summed E-state index contributed by atoms with van der Waals surface area (Å²) in [5, 5.41) is 15.8. The summed E-state index contributed by atoms with van der Waals surface area (Å²) in [6.45, 7) is 3.44. The Balaban J connectivity index is 1.42. The zero-order valence-corrected chi connectivity index (χ0v) is 22.6. The van der Waals surface area contributed by atoms with Crippen LogP contribution in [0.4, 0.5) is 0 Å². The molecule has 2 heterocycles. The number of aryl methyl sites for hydroxylation is 1. The molecule has 0 bridgehead atoms. The van der Waals surface area contributed by atoms with Crippen molar-refractivity contribution in [1.82, 2.24) is 14.7 Å². The first-order valence-corrected chi connectivity index (χ1v) is 13.2. The van der Waals surface area contributed by atoms with Crippen molar-refractivity contribution in [3.63, 3.8) is 0 Å². The Labute approximate surface area is 234 Å². The SMILES string of the molecule is COc1ccc(Oc2c(CN(Cc3ccco3)CC(O)COc3ccccc3)c(C)nn2-c2ccccc2)cc1. The fourth-order valence-corrected chi connectivity index (χ4v) is 4.42. The molecule has 8 heteroatoms. The Hall–Kier alpha value is -4.53. The van der Waals surface area contributed by atoms with Crippen LogP contribution in [0.2, 0.25) is 0 Å². The predicted molar refractivity (Wildman–Crippen MR) is 152 cm³/mol. The molecule has 0 aliphatic heterocycles. The molecule has 3 aromatic carbocycles. The third-order valence-electron chi connectivity index (χ3n) is 6.41. The van der Waals surface area contributed by atoms with Gasteiger partial charge in [0.05, 0.1) is 36.9 Å². The summed E-state index contributed by atoms with van der Waals surface area (Å²) < 4.78 is 25.0. The Morgan fingerprint density at radius 3 is 2.23 bits per heavy atom. The maximum atomic E-state index is 10.9.